The molecule has 8 heteroatoms. The lowest BCUT2D eigenvalue weighted by molar-refractivity contribution is -0.139. The lowest BCUT2D eigenvalue weighted by atomic mass is 9.95. The van der Waals surface area contributed by atoms with Gasteiger partial charge in [0.25, 0.3) is 0 Å². The number of aliphatic hydroxyl groups excluding tert-OH is 1. The normalized spacial score (nSPS) is 23.4. The molecule has 0 saturated heterocycles. The quantitative estimate of drug-likeness (QED) is 0.418. The van der Waals surface area contributed by atoms with Gasteiger partial charge in [-0.05, 0) is 56.1 Å². The first kappa shape index (κ1) is 25.0. The molecule has 3 N–H and O–H groups in total. The number of ether oxygens (including phenoxy) is 2. The predicted molar refractivity (Wildman–Crippen MR) is 130 cm³/mol. The summed E-state index contributed by atoms with van der Waals surface area (Å²) in [6, 6.07) is 13.5. The molecule has 1 aliphatic carbocycles. The third kappa shape index (κ3) is 5.42. The monoisotopic (exact) mass is 487 g/mol. The SMILES string of the molecule is C[C@@H](OC[C@H](O)CNC(C)(C)Cc1ccc([S+](C)[O-])cc1)c1cccc2c1O[C@@H]1[C@@H](C(=O)O)[C@H]21. The standard InChI is InChI=1S/C26H33NO6S/c1-15(19-6-5-7-20-21-22(25(29)30)24(21)33-23(19)20)32-14-17(28)13-27-26(2,3)12-16-8-10-18(11-9-16)34(4)31/h5-11,15,17,21-22,24,27-28H,12-14H2,1-4H3,(H,29,30)/t15-,17-,21+,22+,24+,34?/m1/s1. The van der Waals surface area contributed by atoms with Gasteiger partial charge in [-0.1, -0.05) is 30.3 Å². The molecule has 0 bridgehead atoms. The van der Waals surface area contributed by atoms with Crippen LogP contribution in [0.5, 0.6) is 5.75 Å². The highest BCUT2D eigenvalue weighted by Crippen LogP contribution is 2.59. The second kappa shape index (κ2) is 9.87. The number of β-amino-alcohol motifs (C(OH)–C–C–N with tert-alkyl or cyclic N) is 1. The molecule has 1 heterocycles. The minimum Gasteiger partial charge on any atom is -0.612 e. The van der Waals surface area contributed by atoms with Gasteiger partial charge in [0.1, 0.15) is 24.0 Å². The number of hydrogen-bond acceptors (Lipinski definition) is 6. The zero-order valence-corrected chi connectivity index (χ0v) is 20.8. The zero-order valence-electron chi connectivity index (χ0n) is 20.0. The van der Waals surface area contributed by atoms with Crippen LogP contribution >= 0.6 is 0 Å². The number of carboxylic acids is 1. The number of carbonyl (C=O) groups is 1. The van der Waals surface area contributed by atoms with Gasteiger partial charge >= 0.3 is 5.97 Å². The summed E-state index contributed by atoms with van der Waals surface area (Å²) >= 11 is -0.988. The molecule has 0 amide bonds. The molecule has 1 saturated carbocycles. The highest BCUT2D eigenvalue weighted by Gasteiger charge is 2.63. The largest absolute Gasteiger partial charge is 0.612 e. The van der Waals surface area contributed by atoms with Gasteiger partial charge in [0, 0.05) is 29.1 Å². The van der Waals surface area contributed by atoms with E-state index in [0.29, 0.717) is 6.54 Å². The van der Waals surface area contributed by atoms with Gasteiger partial charge < -0.3 is 29.6 Å². The van der Waals surface area contributed by atoms with Crippen LogP contribution in [0.4, 0.5) is 0 Å². The van der Waals surface area contributed by atoms with Crippen LogP contribution in [0.25, 0.3) is 0 Å². The topological polar surface area (TPSA) is 111 Å². The van der Waals surface area contributed by atoms with E-state index in [9.17, 15) is 19.6 Å². The van der Waals surface area contributed by atoms with Crippen molar-refractivity contribution in [2.24, 2.45) is 5.92 Å². The molecule has 2 aromatic carbocycles. The van der Waals surface area contributed by atoms with Crippen LogP contribution in [0.1, 0.15) is 49.5 Å². The van der Waals surface area contributed by atoms with Crippen molar-refractivity contribution in [1.82, 2.24) is 5.32 Å². The average molecular weight is 488 g/mol. The Morgan fingerprint density at radius 3 is 2.62 bits per heavy atom. The van der Waals surface area contributed by atoms with Gasteiger partial charge in [-0.15, -0.1) is 0 Å². The van der Waals surface area contributed by atoms with E-state index in [1.54, 1.807) is 6.26 Å². The Balaban J connectivity index is 1.25. The van der Waals surface area contributed by atoms with Crippen LogP contribution < -0.4 is 10.1 Å². The summed E-state index contributed by atoms with van der Waals surface area (Å²) in [7, 11) is 0. The first-order valence-electron chi connectivity index (χ1n) is 11.6. The summed E-state index contributed by atoms with van der Waals surface area (Å²) in [6.45, 7) is 6.61. The van der Waals surface area contributed by atoms with E-state index in [4.69, 9.17) is 9.47 Å². The number of para-hydroxylation sites is 1. The maximum absolute atomic E-state index is 11.6. The van der Waals surface area contributed by atoms with Crippen LogP contribution in [-0.2, 0) is 27.1 Å². The van der Waals surface area contributed by atoms with E-state index in [-0.39, 0.29) is 30.3 Å². The maximum Gasteiger partial charge on any atom is 0.311 e. The zero-order chi connectivity index (χ0) is 24.6. The molecule has 1 unspecified atom stereocenters. The van der Waals surface area contributed by atoms with E-state index in [2.05, 4.69) is 19.2 Å². The summed E-state index contributed by atoms with van der Waals surface area (Å²) in [6.07, 6.45) is 1.18. The van der Waals surface area contributed by atoms with Gasteiger partial charge in [0.2, 0.25) is 0 Å². The van der Waals surface area contributed by atoms with Crippen molar-refractivity contribution >= 4 is 17.1 Å². The third-order valence-corrected chi connectivity index (χ3v) is 7.56. The Morgan fingerprint density at radius 1 is 1.26 bits per heavy atom. The van der Waals surface area contributed by atoms with Crippen molar-refractivity contribution < 1.29 is 29.0 Å². The maximum atomic E-state index is 11.6. The lowest BCUT2D eigenvalue weighted by Gasteiger charge is -2.28. The van der Waals surface area contributed by atoms with Gasteiger partial charge in [0.15, 0.2) is 4.90 Å². The van der Waals surface area contributed by atoms with Gasteiger partial charge in [-0.3, -0.25) is 4.79 Å². The summed E-state index contributed by atoms with van der Waals surface area (Å²) in [4.78, 5) is 12.1. The van der Waals surface area contributed by atoms with Gasteiger partial charge in [-0.2, -0.15) is 0 Å². The number of hydrogen-bond donors (Lipinski definition) is 3. The number of rotatable bonds is 11. The molecular formula is C26H33NO6S. The summed E-state index contributed by atoms with van der Waals surface area (Å²) in [5.74, 6) is -0.613. The van der Waals surface area contributed by atoms with Crippen molar-refractivity contribution in [2.75, 3.05) is 19.4 Å². The molecule has 0 spiro atoms. The van der Waals surface area contributed by atoms with Crippen molar-refractivity contribution in [1.29, 1.82) is 0 Å². The molecule has 7 nitrogen and oxygen atoms in total. The summed E-state index contributed by atoms with van der Waals surface area (Å²) < 4.78 is 23.4. The van der Waals surface area contributed by atoms with Crippen molar-refractivity contribution in [2.45, 2.75) is 61.9 Å². The molecule has 2 aromatic rings. The van der Waals surface area contributed by atoms with Gasteiger partial charge in [0.05, 0.1) is 18.8 Å². The fraction of sp³-hybridized carbons (Fsp3) is 0.500. The molecule has 34 heavy (non-hydrogen) atoms. The van der Waals surface area contributed by atoms with Gasteiger partial charge in [-0.25, -0.2) is 0 Å². The Labute approximate surface area is 203 Å². The molecule has 0 radical (unpaired) electrons. The molecular weight excluding hydrogens is 454 g/mol. The number of aliphatic carboxylic acids is 1. The van der Waals surface area contributed by atoms with E-state index in [0.717, 1.165) is 33.8 Å². The van der Waals surface area contributed by atoms with Crippen molar-refractivity contribution in [3.63, 3.8) is 0 Å². The van der Waals surface area contributed by atoms with Crippen molar-refractivity contribution in [3.05, 3.63) is 59.2 Å². The second-order valence-corrected chi connectivity index (χ2v) is 11.3. The Kier molecular flexibility index (Phi) is 7.26. The fourth-order valence-corrected chi connectivity index (χ4v) is 5.21. The minimum atomic E-state index is -0.988. The van der Waals surface area contributed by atoms with E-state index in [1.807, 2.05) is 49.4 Å². The third-order valence-electron chi connectivity index (χ3n) is 6.62. The molecule has 4 rings (SSSR count). The number of carboxylic acid groups (broad SMARTS) is 1. The minimum absolute atomic E-state index is 0.0722. The van der Waals surface area contributed by atoms with Crippen LogP contribution in [0.3, 0.4) is 0 Å². The fourth-order valence-electron chi connectivity index (χ4n) is 4.69. The first-order chi connectivity index (χ1) is 16.1. The van der Waals surface area contributed by atoms with E-state index in [1.165, 1.54) is 0 Å². The molecule has 0 aromatic heterocycles. The van der Waals surface area contributed by atoms with E-state index >= 15 is 0 Å². The molecule has 2 aliphatic rings. The molecule has 1 fully saturated rings. The second-order valence-electron chi connectivity index (χ2n) is 9.91. The number of fused-ring (bicyclic) bond motifs is 3. The Morgan fingerprint density at radius 2 is 1.97 bits per heavy atom. The Hall–Kier alpha value is -2.10. The van der Waals surface area contributed by atoms with Crippen LogP contribution in [-0.4, -0.2) is 57.9 Å². The lowest BCUT2D eigenvalue weighted by Crippen LogP contribution is -2.46. The van der Waals surface area contributed by atoms with Crippen LogP contribution in [0.15, 0.2) is 47.4 Å². The van der Waals surface area contributed by atoms with Crippen LogP contribution in [0, 0.1) is 5.92 Å². The number of nitrogens with one attached hydrogen (secondary N) is 1. The number of aliphatic hydroxyl groups is 1. The molecule has 184 valence electrons. The Bertz CT molecular complexity index is 1020. The number of benzene rings is 2. The highest BCUT2D eigenvalue weighted by atomic mass is 32.2. The van der Waals surface area contributed by atoms with E-state index < -0.39 is 29.2 Å². The molecule has 6 atom stereocenters. The first-order valence-corrected chi connectivity index (χ1v) is 13.1. The summed E-state index contributed by atoms with van der Waals surface area (Å²) in [5.41, 5.74) is 2.71. The predicted octanol–water partition coefficient (Wildman–Crippen LogP) is 3.03. The highest BCUT2D eigenvalue weighted by molar-refractivity contribution is 7.90. The van der Waals surface area contributed by atoms with Crippen LogP contribution in [0.2, 0.25) is 0 Å². The van der Waals surface area contributed by atoms with Crippen molar-refractivity contribution in [3.8, 4) is 5.75 Å². The summed E-state index contributed by atoms with van der Waals surface area (Å²) in [5, 5.41) is 23.2. The molecule has 1 aliphatic heterocycles. The average Bonchev–Trinajstić information content (AvgIpc) is 3.38. The smallest absolute Gasteiger partial charge is 0.311 e.